The number of amides is 2. The minimum atomic E-state index is -0.845. The van der Waals surface area contributed by atoms with E-state index in [1.165, 1.54) is 11.1 Å². The van der Waals surface area contributed by atoms with Crippen molar-refractivity contribution >= 4 is 18.0 Å². The highest BCUT2D eigenvalue weighted by Gasteiger charge is 2.30. The molecule has 35 heavy (non-hydrogen) atoms. The van der Waals surface area contributed by atoms with Crippen molar-refractivity contribution in [3.05, 3.63) is 71.8 Å². The quantitative estimate of drug-likeness (QED) is 0.482. The summed E-state index contributed by atoms with van der Waals surface area (Å²) in [7, 11) is 0. The predicted molar refractivity (Wildman–Crippen MR) is 133 cm³/mol. The summed E-state index contributed by atoms with van der Waals surface area (Å²) < 4.78 is 5.62. The van der Waals surface area contributed by atoms with Gasteiger partial charge in [-0.2, -0.15) is 0 Å². The minimum Gasteiger partial charge on any atom is -0.481 e. The number of allylic oxidation sites excluding steroid dienone is 1. The number of carbonyl (C=O) groups excluding carboxylic acids is 2. The van der Waals surface area contributed by atoms with E-state index < -0.39 is 23.5 Å². The second-order valence-corrected chi connectivity index (χ2v) is 9.94. The lowest BCUT2D eigenvalue weighted by Crippen LogP contribution is -2.45. The molecule has 184 valence electrons. The Morgan fingerprint density at radius 2 is 1.66 bits per heavy atom. The topological polar surface area (TPSA) is 105 Å². The van der Waals surface area contributed by atoms with Gasteiger partial charge in [0.2, 0.25) is 5.91 Å². The van der Waals surface area contributed by atoms with Gasteiger partial charge < -0.3 is 20.5 Å². The molecule has 0 fully saturated rings. The smallest absolute Gasteiger partial charge is 0.407 e. The van der Waals surface area contributed by atoms with Gasteiger partial charge in [0.15, 0.2) is 0 Å². The highest BCUT2D eigenvalue weighted by molar-refractivity contribution is 5.79. The zero-order valence-corrected chi connectivity index (χ0v) is 20.1. The molecule has 2 amide bonds. The fourth-order valence-electron chi connectivity index (χ4n) is 4.88. The number of hydrogen-bond acceptors (Lipinski definition) is 4. The zero-order valence-electron chi connectivity index (χ0n) is 20.1. The Kier molecular flexibility index (Phi) is 7.24. The van der Waals surface area contributed by atoms with Gasteiger partial charge in [-0.25, -0.2) is 4.79 Å². The van der Waals surface area contributed by atoms with E-state index in [9.17, 15) is 19.5 Å². The summed E-state index contributed by atoms with van der Waals surface area (Å²) in [4.78, 5) is 36.2. The van der Waals surface area contributed by atoms with Gasteiger partial charge in [-0.15, -0.1) is 0 Å². The molecule has 0 unspecified atom stereocenters. The van der Waals surface area contributed by atoms with E-state index in [-0.39, 0.29) is 30.9 Å². The van der Waals surface area contributed by atoms with Crippen LogP contribution in [-0.2, 0) is 14.3 Å². The van der Waals surface area contributed by atoms with E-state index in [0.29, 0.717) is 19.3 Å². The van der Waals surface area contributed by atoms with Crippen molar-refractivity contribution in [2.45, 2.75) is 57.0 Å². The first-order valence-electron chi connectivity index (χ1n) is 12.1. The van der Waals surface area contributed by atoms with E-state index in [1.807, 2.05) is 44.2 Å². The first-order valence-corrected chi connectivity index (χ1v) is 12.1. The lowest BCUT2D eigenvalue weighted by atomic mass is 9.91. The van der Waals surface area contributed by atoms with Crippen LogP contribution in [-0.4, -0.2) is 41.3 Å². The lowest BCUT2D eigenvalue weighted by Gasteiger charge is -2.27. The van der Waals surface area contributed by atoms with Gasteiger partial charge in [0.05, 0.1) is 5.92 Å². The van der Waals surface area contributed by atoms with Crippen LogP contribution < -0.4 is 10.6 Å². The van der Waals surface area contributed by atoms with Crippen molar-refractivity contribution in [3.8, 4) is 11.1 Å². The fraction of sp³-hybridized carbons (Fsp3) is 0.393. The summed E-state index contributed by atoms with van der Waals surface area (Å²) in [5.41, 5.74) is 4.00. The summed E-state index contributed by atoms with van der Waals surface area (Å²) in [6, 6.07) is 16.1. The summed E-state index contributed by atoms with van der Waals surface area (Å²) >= 11 is 0. The molecular formula is C28H32N2O5. The number of nitrogens with one attached hydrogen (secondary N) is 2. The molecule has 0 aliphatic heterocycles. The molecule has 2 aromatic carbocycles. The number of fused-ring (bicyclic) bond motifs is 3. The number of hydrogen-bond donors (Lipinski definition) is 3. The van der Waals surface area contributed by atoms with Crippen molar-refractivity contribution < 1.29 is 24.2 Å². The Bertz CT molecular complexity index is 1090. The third-order valence-corrected chi connectivity index (χ3v) is 6.78. The van der Waals surface area contributed by atoms with Gasteiger partial charge in [0.1, 0.15) is 6.61 Å². The van der Waals surface area contributed by atoms with Gasteiger partial charge >= 0.3 is 12.1 Å². The van der Waals surface area contributed by atoms with Crippen molar-refractivity contribution in [2.75, 3.05) is 6.61 Å². The number of carbonyl (C=O) groups is 3. The number of carboxylic acids is 1. The van der Waals surface area contributed by atoms with Gasteiger partial charge in [-0.05, 0) is 55.4 Å². The van der Waals surface area contributed by atoms with E-state index in [2.05, 4.69) is 34.9 Å². The van der Waals surface area contributed by atoms with E-state index in [4.69, 9.17) is 4.74 Å². The van der Waals surface area contributed by atoms with Crippen molar-refractivity contribution in [1.82, 2.24) is 10.6 Å². The van der Waals surface area contributed by atoms with Crippen LogP contribution in [0.4, 0.5) is 4.79 Å². The third-order valence-electron chi connectivity index (χ3n) is 6.78. The molecule has 2 aliphatic carbocycles. The monoisotopic (exact) mass is 476 g/mol. The standard InChI is InChI=1S/C28H32N2O5/c1-28(2,15-14-25(31)29-19-9-7-8-18(16-19)26(32)33)30-27(34)35-17-24-22-12-5-3-10-20(22)21-11-4-6-13-23(21)24/h3-7,9-13,18-19,24H,8,14-17H2,1-2H3,(H,29,31)(H,30,34)(H,32,33)/t18-,19-/m0/s1. The maximum atomic E-state index is 12.6. The summed E-state index contributed by atoms with van der Waals surface area (Å²) in [6.45, 7) is 3.93. The number of aliphatic carboxylic acids is 1. The Morgan fingerprint density at radius 1 is 1.03 bits per heavy atom. The molecule has 7 heteroatoms. The Morgan fingerprint density at radius 3 is 2.29 bits per heavy atom. The number of ether oxygens (including phenoxy) is 1. The molecular weight excluding hydrogens is 444 g/mol. The van der Waals surface area contributed by atoms with E-state index in [1.54, 1.807) is 6.08 Å². The molecule has 2 aromatic rings. The fourth-order valence-corrected chi connectivity index (χ4v) is 4.88. The van der Waals surface area contributed by atoms with E-state index in [0.717, 1.165) is 11.1 Å². The molecule has 2 aliphatic rings. The summed E-state index contributed by atoms with van der Waals surface area (Å²) in [5.74, 6) is -1.51. The number of carboxylic acid groups (broad SMARTS) is 1. The first-order chi connectivity index (χ1) is 16.7. The Labute approximate surface area is 205 Å². The largest absolute Gasteiger partial charge is 0.481 e. The van der Waals surface area contributed by atoms with Crippen LogP contribution in [0.2, 0.25) is 0 Å². The molecule has 0 radical (unpaired) electrons. The highest BCUT2D eigenvalue weighted by atomic mass is 16.5. The molecule has 0 aromatic heterocycles. The van der Waals surface area contributed by atoms with Crippen LogP contribution in [0.15, 0.2) is 60.7 Å². The summed E-state index contributed by atoms with van der Waals surface area (Å²) in [6.07, 6.45) is 4.63. The van der Waals surface area contributed by atoms with Crippen LogP contribution in [0, 0.1) is 5.92 Å². The molecule has 4 rings (SSSR count). The maximum absolute atomic E-state index is 12.6. The second kappa shape index (κ2) is 10.3. The normalized spacial score (nSPS) is 18.9. The Balaban J connectivity index is 1.26. The average molecular weight is 477 g/mol. The molecule has 0 saturated heterocycles. The molecule has 3 N–H and O–H groups in total. The molecule has 7 nitrogen and oxygen atoms in total. The molecule has 0 bridgehead atoms. The molecule has 0 spiro atoms. The average Bonchev–Trinajstić information content (AvgIpc) is 3.15. The highest BCUT2D eigenvalue weighted by Crippen LogP contribution is 2.44. The van der Waals surface area contributed by atoms with Gasteiger partial charge in [0.25, 0.3) is 0 Å². The number of benzene rings is 2. The SMILES string of the molecule is CC(C)(CCC(=O)N[C@H]1C=CC[C@H](C(=O)O)C1)NC(=O)OCC1c2ccccc2-c2ccccc21. The third kappa shape index (κ3) is 5.91. The van der Waals surface area contributed by atoms with Gasteiger partial charge in [0, 0.05) is 23.9 Å². The second-order valence-electron chi connectivity index (χ2n) is 9.94. The van der Waals surface area contributed by atoms with Crippen molar-refractivity contribution in [2.24, 2.45) is 5.92 Å². The maximum Gasteiger partial charge on any atom is 0.407 e. The molecule has 2 atom stereocenters. The van der Waals surface area contributed by atoms with Gasteiger partial charge in [-0.1, -0.05) is 60.7 Å². The van der Waals surface area contributed by atoms with Crippen molar-refractivity contribution in [3.63, 3.8) is 0 Å². The van der Waals surface area contributed by atoms with Crippen LogP contribution in [0.5, 0.6) is 0 Å². The van der Waals surface area contributed by atoms with Crippen LogP contribution in [0.25, 0.3) is 11.1 Å². The molecule has 0 heterocycles. The van der Waals surface area contributed by atoms with Crippen LogP contribution in [0.3, 0.4) is 0 Å². The van der Waals surface area contributed by atoms with Gasteiger partial charge in [-0.3, -0.25) is 9.59 Å². The van der Waals surface area contributed by atoms with Crippen LogP contribution >= 0.6 is 0 Å². The minimum absolute atomic E-state index is 0.0137. The number of alkyl carbamates (subject to hydrolysis) is 1. The predicted octanol–water partition coefficient (Wildman–Crippen LogP) is 4.62. The lowest BCUT2D eigenvalue weighted by molar-refractivity contribution is -0.142. The number of rotatable bonds is 8. The van der Waals surface area contributed by atoms with E-state index >= 15 is 0 Å². The molecule has 0 saturated carbocycles. The van der Waals surface area contributed by atoms with Crippen molar-refractivity contribution in [1.29, 1.82) is 0 Å². The zero-order chi connectivity index (χ0) is 25.0. The summed E-state index contributed by atoms with van der Waals surface area (Å²) in [5, 5.41) is 14.9. The Hall–Kier alpha value is -3.61. The van der Waals surface area contributed by atoms with Crippen LogP contribution in [0.1, 0.15) is 56.6 Å². The first kappa shape index (κ1) is 24.5.